The fourth-order valence-corrected chi connectivity index (χ4v) is 3.21. The number of hydrogen-bond acceptors (Lipinski definition) is 3. The molecule has 1 atom stereocenters. The van der Waals surface area contributed by atoms with Crippen LogP contribution in [0.5, 0.6) is 0 Å². The zero-order valence-electron chi connectivity index (χ0n) is 11.2. The number of nitrogens with one attached hydrogen (secondary N) is 1. The summed E-state index contributed by atoms with van der Waals surface area (Å²) in [6.45, 7) is 5.76. The van der Waals surface area contributed by atoms with Crippen LogP contribution in [-0.4, -0.2) is 35.7 Å². The molecule has 1 aliphatic rings. The van der Waals surface area contributed by atoms with Crippen molar-refractivity contribution < 1.29 is 9.90 Å². The van der Waals surface area contributed by atoms with E-state index < -0.39 is 5.97 Å². The number of benzene rings is 1. The van der Waals surface area contributed by atoms with Gasteiger partial charge in [0.2, 0.25) is 0 Å². The molecule has 0 amide bonds. The van der Waals surface area contributed by atoms with E-state index in [0.29, 0.717) is 6.54 Å². The molecule has 1 aliphatic heterocycles. The van der Waals surface area contributed by atoms with Gasteiger partial charge in [0, 0.05) is 29.1 Å². The highest BCUT2D eigenvalue weighted by Crippen LogP contribution is 2.29. The molecule has 5 heteroatoms. The van der Waals surface area contributed by atoms with E-state index in [0.717, 1.165) is 16.7 Å². The maximum atomic E-state index is 10.9. The van der Waals surface area contributed by atoms with Gasteiger partial charge in [-0.2, -0.15) is 0 Å². The molecule has 2 rings (SSSR count). The van der Waals surface area contributed by atoms with E-state index in [9.17, 15) is 4.79 Å². The minimum atomic E-state index is -0.762. The number of carboxylic acid groups (broad SMARTS) is 1. The minimum Gasteiger partial charge on any atom is -0.481 e. The lowest BCUT2D eigenvalue weighted by molar-refractivity contribution is -0.137. The molecule has 1 fully saturated rings. The molecule has 104 valence electrons. The van der Waals surface area contributed by atoms with Crippen molar-refractivity contribution in [2.75, 3.05) is 18.0 Å². The first-order chi connectivity index (χ1) is 8.87. The summed E-state index contributed by atoms with van der Waals surface area (Å²) in [6.07, 6.45) is 0.143. The number of piperazine rings is 1. The van der Waals surface area contributed by atoms with Gasteiger partial charge in [-0.15, -0.1) is 0 Å². The van der Waals surface area contributed by atoms with Crippen molar-refractivity contribution in [1.82, 2.24) is 5.32 Å². The Balaban J connectivity index is 2.21. The summed E-state index contributed by atoms with van der Waals surface area (Å²) in [7, 11) is 0. The minimum absolute atomic E-state index is 0.0339. The lowest BCUT2D eigenvalue weighted by Crippen LogP contribution is -2.62. The first-order valence-corrected chi connectivity index (χ1v) is 7.16. The number of carbonyl (C=O) groups is 1. The summed E-state index contributed by atoms with van der Waals surface area (Å²) < 4.78 is 1.04. The van der Waals surface area contributed by atoms with Gasteiger partial charge >= 0.3 is 5.97 Å². The summed E-state index contributed by atoms with van der Waals surface area (Å²) >= 11 is 3.56. The van der Waals surface area contributed by atoms with Crippen LogP contribution in [0.4, 0.5) is 5.69 Å². The van der Waals surface area contributed by atoms with Gasteiger partial charge in [0.25, 0.3) is 0 Å². The van der Waals surface area contributed by atoms with Gasteiger partial charge in [-0.25, -0.2) is 0 Å². The zero-order chi connectivity index (χ0) is 14.0. The van der Waals surface area contributed by atoms with Gasteiger partial charge < -0.3 is 15.3 Å². The first-order valence-electron chi connectivity index (χ1n) is 6.36. The van der Waals surface area contributed by atoms with Gasteiger partial charge in [-0.1, -0.05) is 12.1 Å². The van der Waals surface area contributed by atoms with E-state index in [1.54, 1.807) is 0 Å². The van der Waals surface area contributed by atoms with Gasteiger partial charge in [-0.3, -0.25) is 4.79 Å². The summed E-state index contributed by atoms with van der Waals surface area (Å²) in [5.74, 6) is -0.762. The fourth-order valence-electron chi connectivity index (χ4n) is 2.67. The third-order valence-corrected chi connectivity index (χ3v) is 3.91. The fraction of sp³-hybridized carbons (Fsp3) is 0.500. The second-order valence-electron chi connectivity index (χ2n) is 5.65. The van der Waals surface area contributed by atoms with Crippen molar-refractivity contribution in [3.8, 4) is 0 Å². The third kappa shape index (κ3) is 3.70. The molecule has 1 aromatic carbocycles. The second-order valence-corrected chi connectivity index (χ2v) is 6.51. The van der Waals surface area contributed by atoms with Crippen LogP contribution in [-0.2, 0) is 4.79 Å². The average molecular weight is 327 g/mol. The third-order valence-electron chi connectivity index (χ3n) is 3.24. The molecule has 1 saturated heterocycles. The van der Waals surface area contributed by atoms with Crippen LogP contribution in [0.15, 0.2) is 28.7 Å². The molecule has 0 saturated carbocycles. The second kappa shape index (κ2) is 5.51. The van der Waals surface area contributed by atoms with E-state index in [1.165, 1.54) is 0 Å². The van der Waals surface area contributed by atoms with Crippen LogP contribution in [0.3, 0.4) is 0 Å². The number of halogens is 1. The van der Waals surface area contributed by atoms with E-state index >= 15 is 0 Å². The lowest BCUT2D eigenvalue weighted by atomic mass is 9.96. The van der Waals surface area contributed by atoms with Crippen LogP contribution in [0.2, 0.25) is 0 Å². The lowest BCUT2D eigenvalue weighted by Gasteiger charge is -2.44. The summed E-state index contributed by atoms with van der Waals surface area (Å²) in [6, 6.07) is 8.02. The molecule has 1 heterocycles. The van der Waals surface area contributed by atoms with Gasteiger partial charge in [0.15, 0.2) is 0 Å². The van der Waals surface area contributed by atoms with Gasteiger partial charge in [-0.05, 0) is 41.9 Å². The summed E-state index contributed by atoms with van der Waals surface area (Å²) in [5, 5.41) is 12.4. The predicted molar refractivity (Wildman–Crippen MR) is 79.6 cm³/mol. The van der Waals surface area contributed by atoms with Crippen LogP contribution in [0.25, 0.3) is 0 Å². The molecule has 0 radical (unpaired) electrons. The number of hydrogen-bond donors (Lipinski definition) is 2. The molecule has 0 bridgehead atoms. The highest BCUT2D eigenvalue weighted by atomic mass is 79.9. The molecule has 0 aromatic heterocycles. The van der Waals surface area contributed by atoms with Crippen molar-refractivity contribution in [3.63, 3.8) is 0 Å². The Bertz CT molecular complexity index is 476. The van der Waals surface area contributed by atoms with Crippen LogP contribution < -0.4 is 10.2 Å². The van der Waals surface area contributed by atoms with Crippen molar-refractivity contribution in [1.29, 1.82) is 0 Å². The molecule has 2 N–H and O–H groups in total. The summed E-state index contributed by atoms with van der Waals surface area (Å²) in [4.78, 5) is 13.2. The maximum Gasteiger partial charge on any atom is 0.304 e. The van der Waals surface area contributed by atoms with E-state index in [-0.39, 0.29) is 18.0 Å². The zero-order valence-corrected chi connectivity index (χ0v) is 12.8. The summed E-state index contributed by atoms with van der Waals surface area (Å²) in [5.41, 5.74) is 1.01. The molecule has 1 unspecified atom stereocenters. The number of carboxylic acids is 1. The predicted octanol–water partition coefficient (Wildman–Crippen LogP) is 2.48. The van der Waals surface area contributed by atoms with Crippen molar-refractivity contribution >= 4 is 27.6 Å². The quantitative estimate of drug-likeness (QED) is 0.896. The topological polar surface area (TPSA) is 52.6 Å². The smallest absolute Gasteiger partial charge is 0.304 e. The molecule has 1 aromatic rings. The van der Waals surface area contributed by atoms with E-state index in [1.807, 2.05) is 18.2 Å². The normalized spacial score (nSPS) is 22.3. The standard InChI is InChI=1S/C14H19BrN2O2/c1-14(2)9-17(8-10(16-14)7-13(18)19)12-6-4-3-5-11(12)15/h3-6,10,16H,7-9H2,1-2H3,(H,18,19). The van der Waals surface area contributed by atoms with Crippen LogP contribution in [0.1, 0.15) is 20.3 Å². The Morgan fingerprint density at radius 1 is 1.53 bits per heavy atom. The SMILES string of the molecule is CC1(C)CN(c2ccccc2Br)CC(CC(=O)O)N1. The molecule has 19 heavy (non-hydrogen) atoms. The Labute approximate surface area is 121 Å². The number of rotatable bonds is 3. The number of nitrogens with zero attached hydrogens (tertiary/aromatic N) is 1. The van der Waals surface area contributed by atoms with Crippen molar-refractivity contribution in [2.24, 2.45) is 0 Å². The monoisotopic (exact) mass is 326 g/mol. The Kier molecular flexibility index (Phi) is 4.16. The number of para-hydroxylation sites is 1. The molecule has 0 aliphatic carbocycles. The molecule has 4 nitrogen and oxygen atoms in total. The Morgan fingerprint density at radius 2 is 2.21 bits per heavy atom. The largest absolute Gasteiger partial charge is 0.481 e. The average Bonchev–Trinajstić information content (AvgIpc) is 2.26. The Hall–Kier alpha value is -1.07. The molecular weight excluding hydrogens is 308 g/mol. The molecular formula is C14H19BrN2O2. The van der Waals surface area contributed by atoms with Crippen LogP contribution >= 0.6 is 15.9 Å². The van der Waals surface area contributed by atoms with Crippen molar-refractivity contribution in [2.45, 2.75) is 31.8 Å². The first kappa shape index (κ1) is 14.3. The highest BCUT2D eigenvalue weighted by molar-refractivity contribution is 9.10. The van der Waals surface area contributed by atoms with E-state index in [4.69, 9.17) is 5.11 Å². The van der Waals surface area contributed by atoms with Crippen molar-refractivity contribution in [3.05, 3.63) is 28.7 Å². The molecule has 0 spiro atoms. The van der Waals surface area contributed by atoms with Gasteiger partial charge in [0.1, 0.15) is 0 Å². The maximum absolute atomic E-state index is 10.9. The van der Waals surface area contributed by atoms with E-state index in [2.05, 4.69) is 46.1 Å². The highest BCUT2D eigenvalue weighted by Gasteiger charge is 2.33. The number of anilines is 1. The Morgan fingerprint density at radius 3 is 2.84 bits per heavy atom. The van der Waals surface area contributed by atoms with Crippen LogP contribution in [0, 0.1) is 0 Å². The van der Waals surface area contributed by atoms with Gasteiger partial charge in [0.05, 0.1) is 12.1 Å². The number of aliphatic carboxylic acids is 1.